The molecule has 0 spiro atoms. The van der Waals surface area contributed by atoms with Gasteiger partial charge in [0.25, 0.3) is 0 Å². The molecule has 0 amide bonds. The lowest BCUT2D eigenvalue weighted by Gasteiger charge is -2.17. The molecule has 114 valence electrons. The Labute approximate surface area is 127 Å². The van der Waals surface area contributed by atoms with Crippen molar-refractivity contribution in [2.75, 3.05) is 19.6 Å². The molecular weight excluding hydrogens is 284 g/mol. The quantitative estimate of drug-likeness (QED) is 0.865. The second kappa shape index (κ2) is 6.61. The average Bonchev–Trinajstić information content (AvgIpc) is 2.95. The zero-order valence-electron chi connectivity index (χ0n) is 12.6. The maximum absolute atomic E-state index is 12.6. The van der Waals surface area contributed by atoms with Gasteiger partial charge in [-0.25, -0.2) is 8.42 Å². The summed E-state index contributed by atoms with van der Waals surface area (Å²) in [6.45, 7) is 5.53. The molecule has 4 nitrogen and oxygen atoms in total. The Balaban J connectivity index is 2.27. The number of hydrogen-bond acceptors (Lipinski definition) is 3. The van der Waals surface area contributed by atoms with E-state index < -0.39 is 10.0 Å². The summed E-state index contributed by atoms with van der Waals surface area (Å²) in [6, 6.07) is 5.11. The third-order valence-electron chi connectivity index (χ3n) is 3.99. The lowest BCUT2D eigenvalue weighted by Crippen LogP contribution is -2.28. The molecule has 1 aromatic rings. The Bertz CT molecular complexity index is 671. The van der Waals surface area contributed by atoms with Crippen molar-refractivity contribution in [3.8, 4) is 11.8 Å². The highest BCUT2D eigenvalue weighted by Gasteiger charge is 2.31. The fraction of sp³-hybridized carbons (Fsp3) is 0.500. The standard InChI is InChI=1S/C16H22N2O2S/c1-3-14-8-10-18(12-14)21(19,20)16-7-6-15(5-4-9-17)13(2)11-16/h6-7,11,14H,3,8-10,12,17H2,1-2H3. The predicted octanol–water partition coefficient (Wildman–Crippen LogP) is 1.73. The van der Waals surface area contributed by atoms with E-state index in [0.717, 1.165) is 24.0 Å². The Morgan fingerprint density at radius 3 is 2.76 bits per heavy atom. The molecule has 1 fully saturated rings. The number of sulfonamides is 1. The monoisotopic (exact) mass is 306 g/mol. The van der Waals surface area contributed by atoms with Crippen LogP contribution in [0.5, 0.6) is 0 Å². The van der Waals surface area contributed by atoms with Crippen LogP contribution in [-0.4, -0.2) is 32.4 Å². The van der Waals surface area contributed by atoms with Crippen LogP contribution in [0.4, 0.5) is 0 Å². The molecule has 2 rings (SSSR count). The van der Waals surface area contributed by atoms with Crippen LogP contribution in [0.2, 0.25) is 0 Å². The number of nitrogens with zero attached hydrogens (tertiary/aromatic N) is 1. The van der Waals surface area contributed by atoms with E-state index in [1.165, 1.54) is 0 Å². The number of benzene rings is 1. The zero-order chi connectivity index (χ0) is 15.5. The minimum absolute atomic E-state index is 0.297. The van der Waals surface area contributed by atoms with Gasteiger partial charge in [0.1, 0.15) is 0 Å². The SMILES string of the molecule is CCC1CCN(S(=O)(=O)c2ccc(C#CCN)c(C)c2)C1. The molecule has 1 saturated heterocycles. The molecule has 21 heavy (non-hydrogen) atoms. The van der Waals surface area contributed by atoms with E-state index in [-0.39, 0.29) is 0 Å². The second-order valence-electron chi connectivity index (χ2n) is 5.41. The van der Waals surface area contributed by atoms with Gasteiger partial charge in [0.15, 0.2) is 0 Å². The molecule has 1 unspecified atom stereocenters. The summed E-state index contributed by atoms with van der Waals surface area (Å²) in [7, 11) is -3.38. The Hall–Kier alpha value is -1.35. The molecule has 5 heteroatoms. The van der Waals surface area contributed by atoms with Gasteiger partial charge in [-0.3, -0.25) is 0 Å². The van der Waals surface area contributed by atoms with Gasteiger partial charge in [0.2, 0.25) is 10.0 Å². The van der Waals surface area contributed by atoms with E-state index in [1.54, 1.807) is 22.5 Å². The van der Waals surface area contributed by atoms with Crippen LogP contribution in [0.25, 0.3) is 0 Å². The number of aryl methyl sites for hydroxylation is 1. The number of rotatable bonds is 3. The van der Waals surface area contributed by atoms with Crippen LogP contribution in [0.3, 0.4) is 0 Å². The molecule has 2 N–H and O–H groups in total. The Morgan fingerprint density at radius 2 is 2.19 bits per heavy atom. The summed E-state index contributed by atoms with van der Waals surface area (Å²) in [6.07, 6.45) is 1.98. The van der Waals surface area contributed by atoms with E-state index in [1.807, 2.05) is 6.92 Å². The summed E-state index contributed by atoms with van der Waals surface area (Å²) < 4.78 is 26.9. The molecular formula is C16H22N2O2S. The van der Waals surface area contributed by atoms with Crippen LogP contribution in [-0.2, 0) is 10.0 Å². The van der Waals surface area contributed by atoms with Gasteiger partial charge >= 0.3 is 0 Å². The van der Waals surface area contributed by atoms with Crippen molar-refractivity contribution in [2.45, 2.75) is 31.6 Å². The van der Waals surface area contributed by atoms with Gasteiger partial charge in [-0.05, 0) is 43.0 Å². The Kier molecular flexibility index (Phi) is 5.04. The van der Waals surface area contributed by atoms with Crippen LogP contribution in [0.15, 0.2) is 23.1 Å². The largest absolute Gasteiger partial charge is 0.320 e. The highest BCUT2D eigenvalue weighted by atomic mass is 32.2. The topological polar surface area (TPSA) is 63.4 Å². The fourth-order valence-corrected chi connectivity index (χ4v) is 4.20. The lowest BCUT2D eigenvalue weighted by molar-refractivity contribution is 0.453. The molecule has 0 radical (unpaired) electrons. The van der Waals surface area contributed by atoms with Gasteiger partial charge in [0, 0.05) is 18.7 Å². The van der Waals surface area contributed by atoms with E-state index in [4.69, 9.17) is 5.73 Å². The van der Waals surface area contributed by atoms with Crippen molar-refractivity contribution in [3.63, 3.8) is 0 Å². The molecule has 1 aliphatic rings. The number of nitrogens with two attached hydrogens (primary N) is 1. The minimum atomic E-state index is -3.38. The first-order chi connectivity index (χ1) is 9.98. The first-order valence-corrected chi connectivity index (χ1v) is 8.72. The maximum atomic E-state index is 12.6. The van der Waals surface area contributed by atoms with Crippen LogP contribution in [0, 0.1) is 24.7 Å². The van der Waals surface area contributed by atoms with Crippen LogP contribution >= 0.6 is 0 Å². The highest BCUT2D eigenvalue weighted by Crippen LogP contribution is 2.26. The van der Waals surface area contributed by atoms with Crippen molar-refractivity contribution in [1.82, 2.24) is 4.31 Å². The van der Waals surface area contributed by atoms with Crippen molar-refractivity contribution >= 4 is 10.0 Å². The normalized spacial score (nSPS) is 19.3. The van der Waals surface area contributed by atoms with Crippen LogP contribution in [0.1, 0.15) is 30.9 Å². The van der Waals surface area contributed by atoms with Gasteiger partial charge < -0.3 is 5.73 Å². The summed E-state index contributed by atoms with van der Waals surface area (Å²) in [4.78, 5) is 0.357. The van der Waals surface area contributed by atoms with Gasteiger partial charge in [-0.1, -0.05) is 25.2 Å². The average molecular weight is 306 g/mol. The molecule has 0 aliphatic carbocycles. The van der Waals surface area contributed by atoms with E-state index in [2.05, 4.69) is 18.8 Å². The molecule has 0 bridgehead atoms. The van der Waals surface area contributed by atoms with E-state index in [0.29, 0.717) is 30.4 Å². The molecule has 1 heterocycles. The van der Waals surface area contributed by atoms with E-state index >= 15 is 0 Å². The molecule has 0 aromatic heterocycles. The smallest absolute Gasteiger partial charge is 0.243 e. The van der Waals surface area contributed by atoms with Crippen molar-refractivity contribution in [3.05, 3.63) is 29.3 Å². The van der Waals surface area contributed by atoms with Gasteiger partial charge in [-0.15, -0.1) is 0 Å². The third kappa shape index (κ3) is 3.46. The van der Waals surface area contributed by atoms with Crippen molar-refractivity contribution in [1.29, 1.82) is 0 Å². The summed E-state index contributed by atoms with van der Waals surface area (Å²) in [5.74, 6) is 6.23. The fourth-order valence-electron chi connectivity index (χ4n) is 2.58. The molecule has 1 aliphatic heterocycles. The molecule has 0 saturated carbocycles. The second-order valence-corrected chi connectivity index (χ2v) is 7.35. The lowest BCUT2D eigenvalue weighted by atomic mass is 10.1. The zero-order valence-corrected chi connectivity index (χ0v) is 13.4. The van der Waals surface area contributed by atoms with Crippen LogP contribution < -0.4 is 5.73 Å². The minimum Gasteiger partial charge on any atom is -0.320 e. The summed E-state index contributed by atoms with van der Waals surface area (Å²) >= 11 is 0. The number of hydrogen-bond donors (Lipinski definition) is 1. The first kappa shape index (κ1) is 16.0. The summed E-state index contributed by atoms with van der Waals surface area (Å²) in [5, 5.41) is 0. The van der Waals surface area contributed by atoms with E-state index in [9.17, 15) is 8.42 Å². The first-order valence-electron chi connectivity index (χ1n) is 7.28. The van der Waals surface area contributed by atoms with Gasteiger partial charge in [-0.2, -0.15) is 4.31 Å². The summed E-state index contributed by atoms with van der Waals surface area (Å²) in [5.41, 5.74) is 7.05. The molecule has 1 atom stereocenters. The van der Waals surface area contributed by atoms with Gasteiger partial charge in [0.05, 0.1) is 11.4 Å². The highest BCUT2D eigenvalue weighted by molar-refractivity contribution is 7.89. The van der Waals surface area contributed by atoms with Crippen molar-refractivity contribution < 1.29 is 8.42 Å². The maximum Gasteiger partial charge on any atom is 0.243 e. The predicted molar refractivity (Wildman–Crippen MR) is 84.3 cm³/mol. The van der Waals surface area contributed by atoms with Crippen molar-refractivity contribution in [2.24, 2.45) is 11.7 Å². The third-order valence-corrected chi connectivity index (χ3v) is 5.85. The molecule has 1 aromatic carbocycles. The Morgan fingerprint density at radius 1 is 1.43 bits per heavy atom.